The third kappa shape index (κ3) is 5.51. The fraction of sp³-hybridized carbons (Fsp3) is 0.316. The number of amides is 2. The van der Waals surface area contributed by atoms with Crippen LogP contribution < -0.4 is 21.1 Å². The maximum atomic E-state index is 12.3. The Kier molecular flexibility index (Phi) is 7.32. The predicted molar refractivity (Wildman–Crippen MR) is 113 cm³/mol. The second-order valence-corrected chi connectivity index (χ2v) is 7.62. The van der Waals surface area contributed by atoms with Crippen LogP contribution in [0.5, 0.6) is 5.75 Å². The highest BCUT2D eigenvalue weighted by molar-refractivity contribution is 7.80. The van der Waals surface area contributed by atoms with Crippen molar-refractivity contribution < 1.29 is 14.3 Å². The topological polar surface area (TPSA) is 93.4 Å². The van der Waals surface area contributed by atoms with Crippen LogP contribution in [0.3, 0.4) is 0 Å². The molecule has 0 unspecified atom stereocenters. The first-order chi connectivity index (χ1) is 12.8. The summed E-state index contributed by atoms with van der Waals surface area (Å²) >= 11 is 6.56. The summed E-state index contributed by atoms with van der Waals surface area (Å²) < 4.78 is 5.58. The number of hydrogen-bond donors (Lipinski definition) is 3. The molecule has 2 rings (SSSR count). The number of rotatable bonds is 7. The molecule has 0 saturated carbocycles. The second kappa shape index (κ2) is 9.48. The molecule has 1 aromatic carbocycles. The SMILES string of the molecule is CCCCOc1ccc(C(=O)NC(=S)Nc2sc(C)c(C)c2C(N)=O)cc1. The number of carbonyl (C=O) groups excluding carboxylic acids is 2. The summed E-state index contributed by atoms with van der Waals surface area (Å²) in [6.07, 6.45) is 2.04. The Morgan fingerprint density at radius 1 is 1.22 bits per heavy atom. The molecule has 27 heavy (non-hydrogen) atoms. The molecule has 144 valence electrons. The van der Waals surface area contributed by atoms with Crippen molar-refractivity contribution >= 4 is 45.5 Å². The number of nitrogens with two attached hydrogens (primary N) is 1. The van der Waals surface area contributed by atoms with E-state index in [0.29, 0.717) is 22.7 Å². The standard InChI is InChI=1S/C19H23N3O3S2/c1-4-5-10-25-14-8-6-13(7-9-14)17(24)21-19(26)22-18-15(16(20)23)11(2)12(3)27-18/h6-9H,4-5,10H2,1-3H3,(H2,20,23)(H2,21,22,24,26). The van der Waals surface area contributed by atoms with Crippen LogP contribution in [-0.2, 0) is 0 Å². The average Bonchev–Trinajstić information content (AvgIpc) is 2.89. The van der Waals surface area contributed by atoms with Crippen LogP contribution in [0, 0.1) is 13.8 Å². The van der Waals surface area contributed by atoms with Crippen LogP contribution >= 0.6 is 23.6 Å². The van der Waals surface area contributed by atoms with E-state index in [1.807, 2.05) is 13.8 Å². The van der Waals surface area contributed by atoms with Gasteiger partial charge in [0.1, 0.15) is 10.8 Å². The number of hydrogen-bond acceptors (Lipinski definition) is 5. The van der Waals surface area contributed by atoms with Gasteiger partial charge in [0.25, 0.3) is 11.8 Å². The highest BCUT2D eigenvalue weighted by Gasteiger charge is 2.18. The van der Waals surface area contributed by atoms with Crippen molar-refractivity contribution in [2.24, 2.45) is 5.73 Å². The van der Waals surface area contributed by atoms with E-state index in [1.165, 1.54) is 11.3 Å². The number of benzene rings is 1. The van der Waals surface area contributed by atoms with Crippen LogP contribution in [0.4, 0.5) is 5.00 Å². The Bertz CT molecular complexity index is 845. The summed E-state index contributed by atoms with van der Waals surface area (Å²) in [5.41, 5.74) is 7.09. The van der Waals surface area contributed by atoms with Gasteiger partial charge in [-0.05, 0) is 62.3 Å². The number of thiophene rings is 1. The molecule has 0 aliphatic heterocycles. The third-order valence-corrected chi connectivity index (χ3v) is 5.30. The molecular formula is C19H23N3O3S2. The Labute approximate surface area is 168 Å². The number of ether oxygens (including phenoxy) is 1. The summed E-state index contributed by atoms with van der Waals surface area (Å²) in [4.78, 5) is 25.0. The lowest BCUT2D eigenvalue weighted by Crippen LogP contribution is -2.34. The zero-order valence-electron chi connectivity index (χ0n) is 15.5. The number of aryl methyl sites for hydroxylation is 1. The quantitative estimate of drug-likeness (QED) is 0.482. The summed E-state index contributed by atoms with van der Waals surface area (Å²) in [7, 11) is 0. The van der Waals surface area contributed by atoms with Gasteiger partial charge in [-0.3, -0.25) is 14.9 Å². The van der Waals surface area contributed by atoms with Crippen molar-refractivity contribution in [3.8, 4) is 5.75 Å². The number of thiocarbonyl (C=S) groups is 1. The van der Waals surface area contributed by atoms with Crippen LogP contribution in [-0.4, -0.2) is 23.5 Å². The molecule has 0 bridgehead atoms. The van der Waals surface area contributed by atoms with Crippen molar-refractivity contribution in [2.75, 3.05) is 11.9 Å². The van der Waals surface area contributed by atoms with E-state index in [4.69, 9.17) is 22.7 Å². The predicted octanol–water partition coefficient (Wildman–Crippen LogP) is 3.77. The van der Waals surface area contributed by atoms with Crippen molar-refractivity contribution in [1.29, 1.82) is 0 Å². The summed E-state index contributed by atoms with van der Waals surface area (Å²) in [6.45, 7) is 6.46. The summed E-state index contributed by atoms with van der Waals surface area (Å²) in [6, 6.07) is 6.84. The van der Waals surface area contributed by atoms with Gasteiger partial charge >= 0.3 is 0 Å². The van der Waals surface area contributed by atoms with Gasteiger partial charge in [-0.15, -0.1) is 11.3 Å². The number of nitrogens with one attached hydrogen (secondary N) is 2. The second-order valence-electron chi connectivity index (χ2n) is 5.99. The third-order valence-electron chi connectivity index (χ3n) is 3.97. The number of anilines is 1. The molecular weight excluding hydrogens is 382 g/mol. The first-order valence-corrected chi connectivity index (χ1v) is 9.81. The molecule has 8 heteroatoms. The zero-order chi connectivity index (χ0) is 20.0. The lowest BCUT2D eigenvalue weighted by Gasteiger charge is -2.10. The van der Waals surface area contributed by atoms with Gasteiger partial charge < -0.3 is 15.8 Å². The molecule has 2 amide bonds. The highest BCUT2D eigenvalue weighted by Crippen LogP contribution is 2.31. The Morgan fingerprint density at radius 2 is 1.89 bits per heavy atom. The Balaban J connectivity index is 1.99. The molecule has 0 saturated heterocycles. The lowest BCUT2D eigenvalue weighted by atomic mass is 10.1. The molecule has 0 fully saturated rings. The van der Waals surface area contributed by atoms with Gasteiger partial charge in [0.15, 0.2) is 5.11 Å². The average molecular weight is 406 g/mol. The van der Waals surface area contributed by atoms with Gasteiger partial charge in [-0.1, -0.05) is 13.3 Å². The van der Waals surface area contributed by atoms with Gasteiger partial charge in [-0.2, -0.15) is 0 Å². The number of unbranched alkanes of at least 4 members (excludes halogenated alkanes) is 1. The van der Waals surface area contributed by atoms with Gasteiger partial charge in [0, 0.05) is 10.4 Å². The van der Waals surface area contributed by atoms with E-state index in [2.05, 4.69) is 17.6 Å². The van der Waals surface area contributed by atoms with Crippen LogP contribution in [0.1, 0.15) is 50.9 Å². The molecule has 1 aromatic heterocycles. The highest BCUT2D eigenvalue weighted by atomic mass is 32.1. The number of carbonyl (C=O) groups is 2. The molecule has 0 aliphatic rings. The molecule has 1 heterocycles. The first-order valence-electron chi connectivity index (χ1n) is 8.58. The number of primary amides is 1. The summed E-state index contributed by atoms with van der Waals surface area (Å²) in [5.74, 6) is -0.165. The van der Waals surface area contributed by atoms with Gasteiger partial charge in [0.05, 0.1) is 12.2 Å². The van der Waals surface area contributed by atoms with E-state index in [-0.39, 0.29) is 11.0 Å². The molecule has 6 nitrogen and oxygen atoms in total. The van der Waals surface area contributed by atoms with Gasteiger partial charge in [-0.25, -0.2) is 0 Å². The minimum absolute atomic E-state index is 0.104. The van der Waals surface area contributed by atoms with Crippen molar-refractivity contribution in [3.63, 3.8) is 0 Å². The first kappa shape index (κ1) is 20.9. The molecule has 4 N–H and O–H groups in total. The largest absolute Gasteiger partial charge is 0.494 e. The van der Waals surface area contributed by atoms with E-state index in [0.717, 1.165) is 29.0 Å². The summed E-state index contributed by atoms with van der Waals surface area (Å²) in [5, 5.41) is 6.13. The Hall–Kier alpha value is -2.45. The van der Waals surface area contributed by atoms with Crippen molar-refractivity contribution in [2.45, 2.75) is 33.6 Å². The molecule has 0 radical (unpaired) electrons. The molecule has 0 spiro atoms. The molecule has 2 aromatic rings. The van der Waals surface area contributed by atoms with Crippen LogP contribution in [0.2, 0.25) is 0 Å². The minimum atomic E-state index is -0.535. The minimum Gasteiger partial charge on any atom is -0.494 e. The smallest absolute Gasteiger partial charge is 0.257 e. The van der Waals surface area contributed by atoms with Crippen LogP contribution in [0.15, 0.2) is 24.3 Å². The van der Waals surface area contributed by atoms with Gasteiger partial charge in [0.2, 0.25) is 0 Å². The van der Waals surface area contributed by atoms with E-state index in [9.17, 15) is 9.59 Å². The van der Waals surface area contributed by atoms with E-state index >= 15 is 0 Å². The maximum absolute atomic E-state index is 12.3. The van der Waals surface area contributed by atoms with Crippen LogP contribution in [0.25, 0.3) is 0 Å². The molecule has 0 atom stereocenters. The van der Waals surface area contributed by atoms with Crippen molar-refractivity contribution in [1.82, 2.24) is 5.32 Å². The lowest BCUT2D eigenvalue weighted by molar-refractivity contribution is 0.0975. The van der Waals surface area contributed by atoms with E-state index in [1.54, 1.807) is 24.3 Å². The maximum Gasteiger partial charge on any atom is 0.257 e. The fourth-order valence-electron chi connectivity index (χ4n) is 2.36. The Morgan fingerprint density at radius 3 is 2.48 bits per heavy atom. The monoisotopic (exact) mass is 405 g/mol. The van der Waals surface area contributed by atoms with Crippen molar-refractivity contribution in [3.05, 3.63) is 45.8 Å². The zero-order valence-corrected chi connectivity index (χ0v) is 17.2. The van der Waals surface area contributed by atoms with E-state index < -0.39 is 5.91 Å². The fourth-order valence-corrected chi connectivity index (χ4v) is 3.69. The normalized spacial score (nSPS) is 10.3. The molecule has 0 aliphatic carbocycles.